The van der Waals surface area contributed by atoms with Crippen molar-refractivity contribution in [3.05, 3.63) is 34.9 Å². The van der Waals surface area contributed by atoms with Crippen molar-refractivity contribution in [2.75, 3.05) is 26.7 Å². The molecule has 0 saturated carbocycles. The van der Waals surface area contributed by atoms with Crippen LogP contribution in [0, 0.1) is 0 Å². The number of rotatable bonds is 3. The van der Waals surface area contributed by atoms with Crippen LogP contribution in [0.4, 0.5) is 0 Å². The third-order valence-electron chi connectivity index (χ3n) is 3.19. The number of hydrogen-bond donors (Lipinski definition) is 2. The Balaban J connectivity index is 1.85. The zero-order valence-electron chi connectivity index (χ0n) is 10.4. The molecule has 4 nitrogen and oxygen atoms in total. The van der Waals surface area contributed by atoms with Gasteiger partial charge < -0.3 is 10.6 Å². The number of piperazine rings is 1. The van der Waals surface area contributed by atoms with Gasteiger partial charge in [-0.05, 0) is 24.7 Å². The van der Waals surface area contributed by atoms with E-state index in [0.717, 1.165) is 18.7 Å². The quantitative estimate of drug-likeness (QED) is 0.854. The van der Waals surface area contributed by atoms with Crippen LogP contribution in [0.5, 0.6) is 0 Å². The lowest BCUT2D eigenvalue weighted by Crippen LogP contribution is -2.56. The van der Waals surface area contributed by atoms with E-state index in [9.17, 15) is 4.79 Å². The number of carbonyl (C=O) groups is 1. The zero-order valence-corrected chi connectivity index (χ0v) is 11.2. The van der Waals surface area contributed by atoms with Gasteiger partial charge in [0.2, 0.25) is 5.91 Å². The highest BCUT2D eigenvalue weighted by Gasteiger charge is 2.25. The van der Waals surface area contributed by atoms with Gasteiger partial charge in [-0.2, -0.15) is 0 Å². The SMILES string of the molecule is CN1CCNCC1C(=O)NCc1ccc(Cl)cc1. The van der Waals surface area contributed by atoms with Crippen LogP contribution in [0.1, 0.15) is 5.56 Å². The van der Waals surface area contributed by atoms with Gasteiger partial charge >= 0.3 is 0 Å². The first-order valence-electron chi connectivity index (χ1n) is 6.10. The van der Waals surface area contributed by atoms with Crippen LogP contribution >= 0.6 is 11.6 Å². The van der Waals surface area contributed by atoms with Gasteiger partial charge in [0.15, 0.2) is 0 Å². The fraction of sp³-hybridized carbons (Fsp3) is 0.462. The summed E-state index contributed by atoms with van der Waals surface area (Å²) < 4.78 is 0. The molecule has 0 bridgehead atoms. The fourth-order valence-electron chi connectivity index (χ4n) is 2.01. The van der Waals surface area contributed by atoms with Crippen LogP contribution in [0.25, 0.3) is 0 Å². The molecule has 0 aromatic heterocycles. The van der Waals surface area contributed by atoms with E-state index in [1.807, 2.05) is 31.3 Å². The van der Waals surface area contributed by atoms with Gasteiger partial charge in [0.25, 0.3) is 0 Å². The minimum absolute atomic E-state index is 0.0691. The van der Waals surface area contributed by atoms with E-state index in [2.05, 4.69) is 15.5 Å². The first-order valence-corrected chi connectivity index (χ1v) is 6.48. The van der Waals surface area contributed by atoms with E-state index in [1.165, 1.54) is 0 Å². The molecule has 2 N–H and O–H groups in total. The van der Waals surface area contributed by atoms with Crippen LogP contribution in [-0.2, 0) is 11.3 Å². The molecule has 1 aliphatic rings. The van der Waals surface area contributed by atoms with Crippen molar-refractivity contribution in [1.82, 2.24) is 15.5 Å². The second kappa shape index (κ2) is 6.18. The van der Waals surface area contributed by atoms with Gasteiger partial charge in [-0.15, -0.1) is 0 Å². The summed E-state index contributed by atoms with van der Waals surface area (Å²) in [5, 5.41) is 6.90. The standard InChI is InChI=1S/C13H18ClN3O/c1-17-7-6-15-9-12(17)13(18)16-8-10-2-4-11(14)5-3-10/h2-5,12,15H,6-9H2,1H3,(H,16,18). The Morgan fingerprint density at radius 1 is 1.50 bits per heavy atom. The molecular formula is C13H18ClN3O. The minimum Gasteiger partial charge on any atom is -0.351 e. The summed E-state index contributed by atoms with van der Waals surface area (Å²) in [5.41, 5.74) is 1.05. The molecule has 2 rings (SSSR count). The van der Waals surface area contributed by atoms with Crippen molar-refractivity contribution in [2.24, 2.45) is 0 Å². The number of nitrogens with one attached hydrogen (secondary N) is 2. The van der Waals surface area contributed by atoms with E-state index in [4.69, 9.17) is 11.6 Å². The normalized spacial score (nSPS) is 20.7. The first-order chi connectivity index (χ1) is 8.66. The number of nitrogens with zero attached hydrogens (tertiary/aromatic N) is 1. The molecule has 1 aliphatic heterocycles. The molecule has 0 radical (unpaired) electrons. The fourth-order valence-corrected chi connectivity index (χ4v) is 2.13. The van der Waals surface area contributed by atoms with E-state index in [0.29, 0.717) is 18.1 Å². The average Bonchev–Trinajstić information content (AvgIpc) is 2.38. The maximum absolute atomic E-state index is 12.0. The summed E-state index contributed by atoms with van der Waals surface area (Å²) in [4.78, 5) is 14.1. The first kappa shape index (κ1) is 13.3. The minimum atomic E-state index is -0.0777. The topological polar surface area (TPSA) is 44.4 Å². The van der Waals surface area contributed by atoms with Crippen LogP contribution in [0.2, 0.25) is 5.02 Å². The molecule has 0 aliphatic carbocycles. The summed E-state index contributed by atoms with van der Waals surface area (Å²) in [5.74, 6) is 0.0691. The Bertz CT molecular complexity index is 407. The molecule has 1 aromatic rings. The van der Waals surface area contributed by atoms with Gasteiger partial charge in [0, 0.05) is 31.2 Å². The van der Waals surface area contributed by atoms with Crippen LogP contribution in [0.3, 0.4) is 0 Å². The molecule has 1 atom stereocenters. The molecule has 0 spiro atoms. The van der Waals surface area contributed by atoms with Gasteiger partial charge in [-0.3, -0.25) is 9.69 Å². The zero-order chi connectivity index (χ0) is 13.0. The molecule has 1 unspecified atom stereocenters. The molecule has 98 valence electrons. The summed E-state index contributed by atoms with van der Waals surface area (Å²) in [7, 11) is 1.98. The van der Waals surface area contributed by atoms with E-state index in [1.54, 1.807) is 0 Å². The molecule has 1 fully saturated rings. The van der Waals surface area contributed by atoms with Crippen LogP contribution < -0.4 is 10.6 Å². The van der Waals surface area contributed by atoms with Gasteiger partial charge in [0.05, 0.1) is 0 Å². The molecule has 5 heteroatoms. The van der Waals surface area contributed by atoms with Crippen molar-refractivity contribution < 1.29 is 4.79 Å². The Kier molecular flexibility index (Phi) is 4.58. The van der Waals surface area contributed by atoms with E-state index >= 15 is 0 Å². The Morgan fingerprint density at radius 3 is 2.89 bits per heavy atom. The second-order valence-corrected chi connectivity index (χ2v) is 4.98. The average molecular weight is 268 g/mol. The Hall–Kier alpha value is -1.10. The lowest BCUT2D eigenvalue weighted by atomic mass is 10.1. The number of likely N-dealkylation sites (N-methyl/N-ethyl adjacent to an activating group) is 1. The largest absolute Gasteiger partial charge is 0.351 e. The summed E-state index contributed by atoms with van der Waals surface area (Å²) >= 11 is 5.81. The van der Waals surface area contributed by atoms with Gasteiger partial charge in [0.1, 0.15) is 6.04 Å². The van der Waals surface area contributed by atoms with Crippen molar-refractivity contribution in [3.63, 3.8) is 0 Å². The van der Waals surface area contributed by atoms with Gasteiger partial charge in [-0.1, -0.05) is 23.7 Å². The highest BCUT2D eigenvalue weighted by atomic mass is 35.5. The van der Waals surface area contributed by atoms with Gasteiger partial charge in [-0.25, -0.2) is 0 Å². The predicted molar refractivity (Wildman–Crippen MR) is 72.6 cm³/mol. The second-order valence-electron chi connectivity index (χ2n) is 4.54. The van der Waals surface area contributed by atoms with E-state index < -0.39 is 0 Å². The summed E-state index contributed by atoms with van der Waals surface area (Å²) in [6, 6.07) is 7.43. The number of benzene rings is 1. The predicted octanol–water partition coefficient (Wildman–Crippen LogP) is 0.860. The number of hydrogen-bond acceptors (Lipinski definition) is 3. The molecule has 18 heavy (non-hydrogen) atoms. The van der Waals surface area contributed by atoms with Crippen LogP contribution in [-0.4, -0.2) is 43.5 Å². The van der Waals surface area contributed by atoms with Crippen LogP contribution in [0.15, 0.2) is 24.3 Å². The number of amides is 1. The third kappa shape index (κ3) is 3.45. The molecule has 1 amide bonds. The lowest BCUT2D eigenvalue weighted by Gasteiger charge is -2.31. The summed E-state index contributed by atoms with van der Waals surface area (Å²) in [6.07, 6.45) is 0. The molecular weight excluding hydrogens is 250 g/mol. The molecule has 1 heterocycles. The van der Waals surface area contributed by atoms with E-state index in [-0.39, 0.29) is 11.9 Å². The number of carbonyl (C=O) groups excluding carboxylic acids is 1. The monoisotopic (exact) mass is 267 g/mol. The van der Waals surface area contributed by atoms with Crippen molar-refractivity contribution in [2.45, 2.75) is 12.6 Å². The van der Waals surface area contributed by atoms with Crippen molar-refractivity contribution >= 4 is 17.5 Å². The molecule has 1 saturated heterocycles. The highest BCUT2D eigenvalue weighted by Crippen LogP contribution is 2.09. The maximum atomic E-state index is 12.0. The lowest BCUT2D eigenvalue weighted by molar-refractivity contribution is -0.126. The third-order valence-corrected chi connectivity index (χ3v) is 3.45. The highest BCUT2D eigenvalue weighted by molar-refractivity contribution is 6.30. The van der Waals surface area contributed by atoms with Crippen molar-refractivity contribution in [3.8, 4) is 0 Å². The number of halogens is 1. The van der Waals surface area contributed by atoms with Crippen molar-refractivity contribution in [1.29, 1.82) is 0 Å². The smallest absolute Gasteiger partial charge is 0.238 e. The Labute approximate surface area is 112 Å². The Morgan fingerprint density at radius 2 is 2.22 bits per heavy atom. The molecule has 1 aromatic carbocycles. The summed E-state index contributed by atoms with van der Waals surface area (Å²) in [6.45, 7) is 3.10. The maximum Gasteiger partial charge on any atom is 0.238 e.